The van der Waals surface area contributed by atoms with Gasteiger partial charge in [-0.15, -0.1) is 0 Å². The van der Waals surface area contributed by atoms with Crippen molar-refractivity contribution in [2.24, 2.45) is 0 Å². The molecule has 144 valence electrons. The van der Waals surface area contributed by atoms with Crippen molar-refractivity contribution in [3.8, 4) is 17.4 Å². The Hall–Kier alpha value is -2.06. The lowest BCUT2D eigenvalue weighted by Gasteiger charge is -2.41. The van der Waals surface area contributed by atoms with Crippen LogP contribution in [0.25, 0.3) is 11.3 Å². The molecule has 0 saturated carbocycles. The van der Waals surface area contributed by atoms with E-state index in [1.165, 1.54) is 10.8 Å². The van der Waals surface area contributed by atoms with E-state index in [0.29, 0.717) is 23.4 Å². The van der Waals surface area contributed by atoms with Crippen LogP contribution in [0.15, 0.2) is 28.9 Å². The summed E-state index contributed by atoms with van der Waals surface area (Å²) in [6, 6.07) is 7.19. The Morgan fingerprint density at radius 1 is 1.26 bits per heavy atom. The third-order valence-corrected chi connectivity index (χ3v) is 5.11. The number of aromatic nitrogens is 1. The van der Waals surface area contributed by atoms with Crippen molar-refractivity contribution in [1.29, 1.82) is 5.26 Å². The van der Waals surface area contributed by atoms with Gasteiger partial charge in [-0.25, -0.2) is 0 Å². The van der Waals surface area contributed by atoms with E-state index in [4.69, 9.17) is 21.4 Å². The lowest BCUT2D eigenvalue weighted by molar-refractivity contribution is -0.252. The predicted octanol–water partition coefficient (Wildman–Crippen LogP) is 0.884. The standard InChI is InChI=1S/C18H20N2O6S/c1-2-9-6-10(12-4-3-5-25-12)11(7-19)18(27)20(9)17-16(24)15(23)14(22)13(8-21)26-17/h3-6,13-17,21-24H,2,8H2,1H3/t13-,14+,15+,16-,17-/m1/s1. The van der Waals surface area contributed by atoms with Crippen LogP contribution in [0.5, 0.6) is 0 Å². The van der Waals surface area contributed by atoms with E-state index in [0.717, 1.165) is 0 Å². The smallest absolute Gasteiger partial charge is 0.164 e. The molecular weight excluding hydrogens is 372 g/mol. The zero-order chi connectivity index (χ0) is 19.7. The van der Waals surface area contributed by atoms with Gasteiger partial charge in [0.2, 0.25) is 0 Å². The zero-order valence-corrected chi connectivity index (χ0v) is 15.3. The first-order chi connectivity index (χ1) is 12.9. The van der Waals surface area contributed by atoms with Crippen LogP contribution < -0.4 is 0 Å². The SMILES string of the molecule is CCc1cc(-c2ccco2)c(C#N)c(=S)n1[C@@H]1O[C@H](CO)[C@H](O)[C@H](O)[C@H]1O. The van der Waals surface area contributed by atoms with Crippen molar-refractivity contribution in [3.63, 3.8) is 0 Å². The summed E-state index contributed by atoms with van der Waals surface area (Å²) in [6.07, 6.45) is -4.78. The minimum absolute atomic E-state index is 0.104. The fourth-order valence-electron chi connectivity index (χ4n) is 3.26. The number of aryl methyl sites for hydroxylation is 1. The third kappa shape index (κ3) is 3.32. The summed E-state index contributed by atoms with van der Waals surface area (Å²) in [4.78, 5) is 0. The molecule has 0 spiro atoms. The fraction of sp³-hybridized carbons (Fsp3) is 0.444. The first-order valence-corrected chi connectivity index (χ1v) is 8.88. The minimum atomic E-state index is -1.54. The molecule has 1 aliphatic rings. The Balaban J connectivity index is 2.18. The molecule has 1 aliphatic heterocycles. The van der Waals surface area contributed by atoms with Crippen LogP contribution in [-0.4, -0.2) is 56.0 Å². The van der Waals surface area contributed by atoms with Gasteiger partial charge in [0.15, 0.2) is 6.23 Å². The van der Waals surface area contributed by atoms with Gasteiger partial charge in [0.1, 0.15) is 40.9 Å². The predicted molar refractivity (Wildman–Crippen MR) is 96.1 cm³/mol. The second kappa shape index (κ2) is 7.90. The summed E-state index contributed by atoms with van der Waals surface area (Å²) in [5, 5.41) is 49.6. The normalized spacial score (nSPS) is 28.1. The van der Waals surface area contributed by atoms with Crippen LogP contribution in [-0.2, 0) is 11.2 Å². The first-order valence-electron chi connectivity index (χ1n) is 8.47. The molecule has 2 aromatic rings. The highest BCUT2D eigenvalue weighted by molar-refractivity contribution is 7.71. The molecule has 0 aliphatic carbocycles. The van der Waals surface area contributed by atoms with Gasteiger partial charge in [-0.1, -0.05) is 19.1 Å². The molecule has 1 saturated heterocycles. The van der Waals surface area contributed by atoms with E-state index in [9.17, 15) is 25.7 Å². The van der Waals surface area contributed by atoms with Crippen molar-refractivity contribution in [3.05, 3.63) is 40.4 Å². The van der Waals surface area contributed by atoms with Gasteiger partial charge in [0.05, 0.1) is 18.4 Å². The number of hydrogen-bond acceptors (Lipinski definition) is 8. The molecule has 0 radical (unpaired) electrons. The van der Waals surface area contributed by atoms with Gasteiger partial charge < -0.3 is 34.1 Å². The molecule has 2 aromatic heterocycles. The summed E-state index contributed by atoms with van der Waals surface area (Å²) in [5.41, 5.74) is 1.31. The van der Waals surface area contributed by atoms with Crippen LogP contribution in [0.3, 0.4) is 0 Å². The number of aliphatic hydroxyl groups is 4. The monoisotopic (exact) mass is 392 g/mol. The fourth-order valence-corrected chi connectivity index (χ4v) is 3.63. The number of furan rings is 1. The van der Waals surface area contributed by atoms with Gasteiger partial charge in [-0.2, -0.15) is 5.26 Å². The summed E-state index contributed by atoms with van der Waals surface area (Å²) < 4.78 is 12.6. The van der Waals surface area contributed by atoms with Crippen molar-refractivity contribution in [2.75, 3.05) is 6.61 Å². The maximum absolute atomic E-state index is 10.5. The van der Waals surface area contributed by atoms with Crippen molar-refractivity contribution in [2.45, 2.75) is 44.0 Å². The molecule has 3 heterocycles. The Bertz CT molecular complexity index is 902. The molecule has 0 unspecified atom stereocenters. The lowest BCUT2D eigenvalue weighted by atomic mass is 9.97. The quantitative estimate of drug-likeness (QED) is 0.564. The highest BCUT2D eigenvalue weighted by atomic mass is 32.1. The van der Waals surface area contributed by atoms with E-state index < -0.39 is 37.3 Å². The number of nitriles is 1. The first kappa shape index (κ1) is 19.7. The van der Waals surface area contributed by atoms with E-state index in [1.54, 1.807) is 18.2 Å². The maximum Gasteiger partial charge on any atom is 0.164 e. The third-order valence-electron chi connectivity index (χ3n) is 4.70. The molecule has 0 bridgehead atoms. The molecule has 1 fully saturated rings. The Morgan fingerprint density at radius 3 is 2.56 bits per heavy atom. The summed E-state index contributed by atoms with van der Waals surface area (Å²) in [5.74, 6) is 0.480. The molecule has 8 nitrogen and oxygen atoms in total. The maximum atomic E-state index is 10.5. The minimum Gasteiger partial charge on any atom is -0.464 e. The number of hydrogen-bond donors (Lipinski definition) is 4. The van der Waals surface area contributed by atoms with Gasteiger partial charge in [0.25, 0.3) is 0 Å². The summed E-state index contributed by atoms with van der Waals surface area (Å²) in [6.45, 7) is 1.31. The summed E-state index contributed by atoms with van der Waals surface area (Å²) >= 11 is 5.48. The van der Waals surface area contributed by atoms with Crippen molar-refractivity contribution < 1.29 is 29.6 Å². The van der Waals surface area contributed by atoms with Gasteiger partial charge in [-0.3, -0.25) is 0 Å². The van der Waals surface area contributed by atoms with Crippen molar-refractivity contribution >= 4 is 12.2 Å². The van der Waals surface area contributed by atoms with Crippen molar-refractivity contribution in [1.82, 2.24) is 4.57 Å². The van der Waals surface area contributed by atoms with Crippen LogP contribution in [0.4, 0.5) is 0 Å². The Kier molecular flexibility index (Phi) is 5.76. The van der Waals surface area contributed by atoms with E-state index in [2.05, 4.69) is 6.07 Å². The molecule has 0 aromatic carbocycles. The molecular formula is C18H20N2O6S. The van der Waals surface area contributed by atoms with E-state index >= 15 is 0 Å². The number of pyridine rings is 1. The second-order valence-electron chi connectivity index (χ2n) is 6.26. The lowest BCUT2D eigenvalue weighted by Crippen LogP contribution is -2.56. The van der Waals surface area contributed by atoms with Gasteiger partial charge in [-0.05, 0) is 24.6 Å². The van der Waals surface area contributed by atoms with Gasteiger partial charge >= 0.3 is 0 Å². The second-order valence-corrected chi connectivity index (χ2v) is 6.65. The molecule has 0 amide bonds. The summed E-state index contributed by atoms with van der Waals surface area (Å²) in [7, 11) is 0. The van der Waals surface area contributed by atoms with Crippen LogP contribution in [0.2, 0.25) is 0 Å². The molecule has 3 rings (SSSR count). The van der Waals surface area contributed by atoms with E-state index in [1.807, 2.05) is 6.92 Å². The highest BCUT2D eigenvalue weighted by Gasteiger charge is 2.44. The number of nitrogens with zero attached hydrogens (tertiary/aromatic N) is 2. The molecule has 27 heavy (non-hydrogen) atoms. The largest absolute Gasteiger partial charge is 0.464 e. The Labute approximate surface area is 160 Å². The average molecular weight is 392 g/mol. The van der Waals surface area contributed by atoms with Gasteiger partial charge in [0, 0.05) is 11.3 Å². The molecule has 9 heteroatoms. The Morgan fingerprint density at radius 2 is 2.00 bits per heavy atom. The van der Waals surface area contributed by atoms with Crippen LogP contribution in [0.1, 0.15) is 24.4 Å². The molecule has 5 atom stereocenters. The number of aliphatic hydroxyl groups excluding tert-OH is 4. The zero-order valence-electron chi connectivity index (χ0n) is 14.5. The van der Waals surface area contributed by atoms with E-state index in [-0.39, 0.29) is 10.2 Å². The average Bonchev–Trinajstić information content (AvgIpc) is 3.21. The highest BCUT2D eigenvalue weighted by Crippen LogP contribution is 2.33. The molecule has 4 N–H and O–H groups in total. The topological polar surface area (TPSA) is 132 Å². The number of rotatable bonds is 4. The van der Waals surface area contributed by atoms with Crippen LogP contribution in [0, 0.1) is 16.0 Å². The number of ether oxygens (including phenoxy) is 1. The van der Waals surface area contributed by atoms with Crippen LogP contribution >= 0.6 is 12.2 Å².